The second-order valence-electron chi connectivity index (χ2n) is 2.08. The van der Waals surface area contributed by atoms with E-state index < -0.39 is 0 Å². The van der Waals surface area contributed by atoms with Crippen molar-refractivity contribution in [1.29, 1.82) is 0 Å². The van der Waals surface area contributed by atoms with Gasteiger partial charge in [0.1, 0.15) is 5.15 Å². The fraction of sp³-hybridized carbons (Fsp3) is 0.429. The van der Waals surface area contributed by atoms with Gasteiger partial charge in [-0.15, -0.1) is 0 Å². The Morgan fingerprint density at radius 3 is 2.70 bits per heavy atom. The highest BCUT2D eigenvalue weighted by atomic mass is 35.5. The van der Waals surface area contributed by atoms with Gasteiger partial charge in [0, 0.05) is 0 Å². The molecule has 0 atom stereocenters. The van der Waals surface area contributed by atoms with E-state index in [-0.39, 0.29) is 0 Å². The molecule has 0 N–H and O–H groups in total. The first-order chi connectivity index (χ1) is 4.83. The average Bonchev–Trinajstić information content (AvgIpc) is 1.95. The van der Waals surface area contributed by atoms with Crippen LogP contribution in [0, 0.1) is 0 Å². The zero-order valence-corrected chi connectivity index (χ0v) is 6.60. The highest BCUT2D eigenvalue weighted by molar-refractivity contribution is 6.29. The quantitative estimate of drug-likeness (QED) is 0.655. The number of aromatic nitrogens is 2. The molecular weight excluding hydrogens is 148 g/mol. The number of hydrogen-bond acceptors (Lipinski definition) is 2. The molecule has 1 rings (SSSR count). The van der Waals surface area contributed by atoms with Crippen LogP contribution in [0.4, 0.5) is 0 Å². The summed E-state index contributed by atoms with van der Waals surface area (Å²) in [6, 6.07) is 0. The van der Waals surface area contributed by atoms with Crippen LogP contribution in [0.2, 0.25) is 5.15 Å². The third kappa shape index (κ3) is 1.95. The first-order valence-electron chi connectivity index (χ1n) is 3.29. The molecule has 2 nitrogen and oxygen atoms in total. The van der Waals surface area contributed by atoms with Crippen LogP contribution in [0.25, 0.3) is 0 Å². The van der Waals surface area contributed by atoms with E-state index in [1.165, 1.54) is 0 Å². The molecule has 0 aromatic carbocycles. The Labute approximate surface area is 65.3 Å². The Morgan fingerprint density at radius 2 is 2.20 bits per heavy atom. The van der Waals surface area contributed by atoms with Crippen molar-refractivity contribution in [2.45, 2.75) is 19.8 Å². The molecule has 0 fully saturated rings. The lowest BCUT2D eigenvalue weighted by molar-refractivity contribution is 0.871. The number of rotatable bonds is 2. The Kier molecular flexibility index (Phi) is 2.63. The molecule has 0 unspecified atom stereocenters. The molecule has 0 spiro atoms. The lowest BCUT2D eigenvalue weighted by atomic mass is 10.3. The Hall–Kier alpha value is -0.630. The summed E-state index contributed by atoms with van der Waals surface area (Å²) in [5.74, 6) is 0. The molecule has 0 aliphatic rings. The molecule has 1 aromatic heterocycles. The normalized spacial score (nSPS) is 9.80. The lowest BCUT2D eigenvalue weighted by Crippen LogP contribution is -1.89. The van der Waals surface area contributed by atoms with E-state index in [0.29, 0.717) is 5.15 Å². The highest BCUT2D eigenvalue weighted by Gasteiger charge is 1.92. The predicted molar refractivity (Wildman–Crippen MR) is 41.0 cm³/mol. The summed E-state index contributed by atoms with van der Waals surface area (Å²) in [7, 11) is 0. The van der Waals surface area contributed by atoms with Crippen molar-refractivity contribution in [2.75, 3.05) is 0 Å². The van der Waals surface area contributed by atoms with Crippen molar-refractivity contribution in [3.63, 3.8) is 0 Å². The summed E-state index contributed by atoms with van der Waals surface area (Å²) in [6.45, 7) is 2.11. The molecule has 1 heterocycles. The minimum absolute atomic E-state index is 0.458. The van der Waals surface area contributed by atoms with Gasteiger partial charge in [0.2, 0.25) is 0 Å². The maximum Gasteiger partial charge on any atom is 0.147 e. The van der Waals surface area contributed by atoms with Crippen LogP contribution in [0.3, 0.4) is 0 Å². The summed E-state index contributed by atoms with van der Waals surface area (Å²) in [4.78, 5) is 7.97. The maximum absolute atomic E-state index is 5.54. The van der Waals surface area contributed by atoms with E-state index in [4.69, 9.17) is 11.6 Å². The van der Waals surface area contributed by atoms with Gasteiger partial charge in [-0.3, -0.25) is 4.98 Å². The van der Waals surface area contributed by atoms with Crippen molar-refractivity contribution >= 4 is 11.6 Å². The molecule has 0 amide bonds. The molecule has 0 bridgehead atoms. The minimum atomic E-state index is 0.458. The van der Waals surface area contributed by atoms with E-state index in [1.54, 1.807) is 12.4 Å². The fourth-order valence-corrected chi connectivity index (χ4v) is 0.822. The molecule has 0 aliphatic carbocycles. The third-order valence-corrected chi connectivity index (χ3v) is 1.38. The first kappa shape index (κ1) is 7.48. The molecule has 1 aromatic rings. The van der Waals surface area contributed by atoms with Crippen LogP contribution < -0.4 is 0 Å². The van der Waals surface area contributed by atoms with Gasteiger partial charge in [0.15, 0.2) is 0 Å². The van der Waals surface area contributed by atoms with E-state index in [1.807, 2.05) is 0 Å². The lowest BCUT2D eigenvalue weighted by Gasteiger charge is -1.94. The van der Waals surface area contributed by atoms with Gasteiger partial charge in [0.25, 0.3) is 0 Å². The van der Waals surface area contributed by atoms with Crippen molar-refractivity contribution in [1.82, 2.24) is 9.97 Å². The van der Waals surface area contributed by atoms with Crippen LogP contribution in [0.15, 0.2) is 12.4 Å². The van der Waals surface area contributed by atoms with Crippen LogP contribution in [0.1, 0.15) is 19.0 Å². The molecule has 54 valence electrons. The second kappa shape index (κ2) is 3.52. The maximum atomic E-state index is 5.54. The zero-order valence-electron chi connectivity index (χ0n) is 5.84. The largest absolute Gasteiger partial charge is 0.256 e. The third-order valence-electron chi connectivity index (χ3n) is 1.18. The van der Waals surface area contributed by atoms with Crippen LogP contribution >= 0.6 is 11.6 Å². The van der Waals surface area contributed by atoms with Gasteiger partial charge in [0.05, 0.1) is 18.1 Å². The van der Waals surface area contributed by atoms with Gasteiger partial charge < -0.3 is 0 Å². The van der Waals surface area contributed by atoms with Crippen LogP contribution in [-0.4, -0.2) is 9.97 Å². The number of halogens is 1. The Morgan fingerprint density at radius 1 is 1.40 bits per heavy atom. The van der Waals surface area contributed by atoms with Gasteiger partial charge in [-0.2, -0.15) is 0 Å². The number of hydrogen-bond donors (Lipinski definition) is 0. The van der Waals surface area contributed by atoms with Gasteiger partial charge in [-0.25, -0.2) is 4.98 Å². The van der Waals surface area contributed by atoms with Crippen molar-refractivity contribution < 1.29 is 0 Å². The van der Waals surface area contributed by atoms with E-state index in [0.717, 1.165) is 18.5 Å². The van der Waals surface area contributed by atoms with Crippen molar-refractivity contribution in [3.8, 4) is 0 Å². The van der Waals surface area contributed by atoms with E-state index in [9.17, 15) is 0 Å². The monoisotopic (exact) mass is 156 g/mol. The topological polar surface area (TPSA) is 25.8 Å². The summed E-state index contributed by atoms with van der Waals surface area (Å²) >= 11 is 5.54. The van der Waals surface area contributed by atoms with Gasteiger partial charge in [-0.05, 0) is 6.42 Å². The minimum Gasteiger partial charge on any atom is -0.256 e. The standard InChI is InChI=1S/C7H9ClN2/c1-2-3-6-4-10-7(8)5-9-6/h4-5H,2-3H2,1H3. The molecule has 3 heteroatoms. The van der Waals surface area contributed by atoms with Gasteiger partial charge in [-0.1, -0.05) is 24.9 Å². The molecule has 0 radical (unpaired) electrons. The highest BCUT2D eigenvalue weighted by Crippen LogP contribution is 2.02. The molecule has 0 saturated carbocycles. The average molecular weight is 157 g/mol. The molecule has 0 aliphatic heterocycles. The van der Waals surface area contributed by atoms with Gasteiger partial charge >= 0.3 is 0 Å². The first-order valence-corrected chi connectivity index (χ1v) is 3.67. The van der Waals surface area contributed by atoms with Crippen LogP contribution in [-0.2, 0) is 6.42 Å². The summed E-state index contributed by atoms with van der Waals surface area (Å²) in [5, 5.41) is 0.458. The summed E-state index contributed by atoms with van der Waals surface area (Å²) < 4.78 is 0. The van der Waals surface area contributed by atoms with Crippen molar-refractivity contribution in [3.05, 3.63) is 23.2 Å². The smallest absolute Gasteiger partial charge is 0.147 e. The summed E-state index contributed by atoms with van der Waals surface area (Å²) in [6.07, 6.45) is 5.36. The molecule has 0 saturated heterocycles. The summed E-state index contributed by atoms with van der Waals surface area (Å²) in [5.41, 5.74) is 1.01. The zero-order chi connectivity index (χ0) is 7.40. The Bertz CT molecular complexity index is 195. The second-order valence-corrected chi connectivity index (χ2v) is 2.47. The SMILES string of the molecule is CCCc1cnc(Cl)cn1. The van der Waals surface area contributed by atoms with E-state index >= 15 is 0 Å². The molecular formula is C7H9ClN2. The predicted octanol–water partition coefficient (Wildman–Crippen LogP) is 2.08. The fourth-order valence-electron chi connectivity index (χ4n) is 0.724. The number of nitrogens with zero attached hydrogens (tertiary/aromatic N) is 2. The van der Waals surface area contributed by atoms with Crippen molar-refractivity contribution in [2.24, 2.45) is 0 Å². The van der Waals surface area contributed by atoms with E-state index in [2.05, 4.69) is 16.9 Å². The number of aryl methyl sites for hydroxylation is 1. The van der Waals surface area contributed by atoms with Crippen LogP contribution in [0.5, 0.6) is 0 Å². The Balaban J connectivity index is 2.69. The molecule has 10 heavy (non-hydrogen) atoms.